The molecule has 0 aliphatic carbocycles. The lowest BCUT2D eigenvalue weighted by molar-refractivity contribution is -0.117. The number of fused-ring (bicyclic) bond motifs is 1. The molecule has 1 aromatic carbocycles. The summed E-state index contributed by atoms with van der Waals surface area (Å²) in [6.07, 6.45) is 3.08. The van der Waals surface area contributed by atoms with Gasteiger partial charge in [0, 0.05) is 16.1 Å². The van der Waals surface area contributed by atoms with Crippen LogP contribution in [0.5, 0.6) is 0 Å². The predicted octanol–water partition coefficient (Wildman–Crippen LogP) is 3.08. The quantitative estimate of drug-likeness (QED) is 0.908. The number of carbonyl (C=O) groups excluding carboxylic acids is 1. The normalized spacial score (nSPS) is 17.1. The number of hydrogen-bond acceptors (Lipinski definition) is 5. The van der Waals surface area contributed by atoms with Gasteiger partial charge in [0.15, 0.2) is 0 Å². The lowest BCUT2D eigenvalue weighted by Crippen LogP contribution is -2.27. The van der Waals surface area contributed by atoms with Gasteiger partial charge in [0.1, 0.15) is 12.3 Å². The Morgan fingerprint density at radius 3 is 3.10 bits per heavy atom. The van der Waals surface area contributed by atoms with Crippen LogP contribution in [0.3, 0.4) is 0 Å². The monoisotopic (exact) mass is 309 g/mol. The minimum absolute atomic E-state index is 0.0591. The van der Waals surface area contributed by atoms with Crippen molar-refractivity contribution < 1.29 is 9.21 Å². The van der Waals surface area contributed by atoms with Crippen molar-refractivity contribution in [2.45, 2.75) is 23.1 Å². The summed E-state index contributed by atoms with van der Waals surface area (Å²) in [4.78, 5) is 16.7. The summed E-state index contributed by atoms with van der Waals surface area (Å²) in [6.45, 7) is 2.67. The number of nitrogens with zero attached hydrogens (tertiary/aromatic N) is 1. The fourth-order valence-electron chi connectivity index (χ4n) is 2.10. The van der Waals surface area contributed by atoms with E-state index in [1.54, 1.807) is 6.20 Å². The zero-order chi connectivity index (χ0) is 14.1. The first-order valence-corrected chi connectivity index (χ1v) is 7.33. The largest absolute Gasteiger partial charge is 0.440 e. The molecule has 0 fully saturated rings. The van der Waals surface area contributed by atoms with E-state index in [0.717, 1.165) is 16.1 Å². The summed E-state index contributed by atoms with van der Waals surface area (Å²) in [6, 6.07) is 3.32. The maximum Gasteiger partial charge on any atom is 0.260 e. The van der Waals surface area contributed by atoms with E-state index in [1.165, 1.54) is 18.0 Å². The first-order valence-electron chi connectivity index (χ1n) is 6.14. The van der Waals surface area contributed by atoms with Crippen LogP contribution in [0.2, 0.25) is 5.02 Å². The van der Waals surface area contributed by atoms with Crippen molar-refractivity contribution in [3.05, 3.63) is 35.2 Å². The number of oxazole rings is 1. The zero-order valence-corrected chi connectivity index (χ0v) is 12.2. The topological polar surface area (TPSA) is 67.2 Å². The Kier molecular flexibility index (Phi) is 3.69. The molecule has 2 heterocycles. The minimum Gasteiger partial charge on any atom is -0.440 e. The zero-order valence-electron chi connectivity index (χ0n) is 10.6. The van der Waals surface area contributed by atoms with Crippen molar-refractivity contribution in [1.82, 2.24) is 10.3 Å². The van der Waals surface area contributed by atoms with Crippen LogP contribution in [0, 0.1) is 0 Å². The third-order valence-electron chi connectivity index (χ3n) is 2.95. The molecular formula is C13H12ClN3O2S. The molecule has 1 aromatic heterocycles. The Bertz CT molecular complexity index is 645. The molecule has 1 atom stereocenters. The number of carbonyl (C=O) groups is 1. The molecule has 7 heteroatoms. The van der Waals surface area contributed by atoms with Crippen molar-refractivity contribution in [2.24, 2.45) is 0 Å². The summed E-state index contributed by atoms with van der Waals surface area (Å²) in [5.41, 5.74) is 1.65. The van der Waals surface area contributed by atoms with Gasteiger partial charge in [-0.3, -0.25) is 4.79 Å². The predicted molar refractivity (Wildman–Crippen MR) is 77.1 cm³/mol. The van der Waals surface area contributed by atoms with Gasteiger partial charge in [0.2, 0.25) is 5.91 Å². The highest BCUT2D eigenvalue weighted by molar-refractivity contribution is 7.99. The summed E-state index contributed by atoms with van der Waals surface area (Å²) in [5.74, 6) is -0.0591. The maximum atomic E-state index is 11.9. The Hall–Kier alpha value is -1.50. The molecule has 20 heavy (non-hydrogen) atoms. The number of benzene rings is 1. The van der Waals surface area contributed by atoms with Gasteiger partial charge >= 0.3 is 0 Å². The van der Waals surface area contributed by atoms with Crippen LogP contribution in [0.15, 0.2) is 39.1 Å². The molecule has 0 bridgehead atoms. The molecule has 1 amide bonds. The van der Waals surface area contributed by atoms with Crippen LogP contribution >= 0.6 is 23.4 Å². The van der Waals surface area contributed by atoms with Crippen molar-refractivity contribution in [2.75, 3.05) is 11.9 Å². The second-order valence-electron chi connectivity index (χ2n) is 4.25. The summed E-state index contributed by atoms with van der Waals surface area (Å²) < 4.78 is 5.19. The van der Waals surface area contributed by atoms with E-state index >= 15 is 0 Å². The van der Waals surface area contributed by atoms with Gasteiger partial charge in [-0.25, -0.2) is 4.98 Å². The lowest BCUT2D eigenvalue weighted by Gasteiger charge is -2.10. The average Bonchev–Trinajstić information content (AvgIpc) is 3.01. The fourth-order valence-corrected chi connectivity index (χ4v) is 3.13. The molecule has 0 saturated heterocycles. The number of hydrogen-bond donors (Lipinski definition) is 2. The molecule has 104 valence electrons. The molecule has 0 radical (unpaired) electrons. The van der Waals surface area contributed by atoms with Gasteiger partial charge in [0.05, 0.1) is 11.2 Å². The molecule has 1 unspecified atom stereocenters. The van der Waals surface area contributed by atoms with E-state index < -0.39 is 0 Å². The van der Waals surface area contributed by atoms with Gasteiger partial charge in [-0.05, 0) is 30.4 Å². The van der Waals surface area contributed by atoms with E-state index in [0.29, 0.717) is 16.8 Å². The molecule has 3 rings (SSSR count). The van der Waals surface area contributed by atoms with Crippen LogP contribution in [0.4, 0.5) is 5.69 Å². The van der Waals surface area contributed by atoms with Gasteiger partial charge in [0.25, 0.3) is 5.22 Å². The minimum atomic E-state index is -0.340. The number of aromatic nitrogens is 1. The number of halogens is 1. The van der Waals surface area contributed by atoms with Crippen molar-refractivity contribution in [1.29, 1.82) is 0 Å². The van der Waals surface area contributed by atoms with Crippen molar-refractivity contribution in [3.8, 4) is 0 Å². The van der Waals surface area contributed by atoms with Gasteiger partial charge in [-0.15, -0.1) is 0 Å². The van der Waals surface area contributed by atoms with Crippen LogP contribution in [0.25, 0.3) is 0 Å². The molecule has 1 aliphatic heterocycles. The van der Waals surface area contributed by atoms with Gasteiger partial charge < -0.3 is 15.1 Å². The highest BCUT2D eigenvalue weighted by Crippen LogP contribution is 2.40. The van der Waals surface area contributed by atoms with Crippen LogP contribution in [-0.2, 0) is 4.79 Å². The Balaban J connectivity index is 1.93. The highest BCUT2D eigenvalue weighted by atomic mass is 35.5. The van der Waals surface area contributed by atoms with E-state index in [9.17, 15) is 4.79 Å². The number of anilines is 1. The summed E-state index contributed by atoms with van der Waals surface area (Å²) >= 11 is 7.60. The Labute approximate surface area is 125 Å². The summed E-state index contributed by atoms with van der Waals surface area (Å²) in [7, 11) is 0. The van der Waals surface area contributed by atoms with E-state index in [-0.39, 0.29) is 11.9 Å². The number of amides is 1. The van der Waals surface area contributed by atoms with Crippen LogP contribution < -0.4 is 10.6 Å². The van der Waals surface area contributed by atoms with E-state index in [1.807, 2.05) is 19.1 Å². The standard InChI is InChI=1S/C13H12ClN3O2S/c1-2-15-11-7-5-8(14)10(6-9(7)17-12(11)18)20-13-16-3-4-19-13/h3-6,11,15H,2H2,1H3,(H,17,18). The second kappa shape index (κ2) is 5.47. The Morgan fingerprint density at radius 2 is 2.40 bits per heavy atom. The molecular weight excluding hydrogens is 298 g/mol. The summed E-state index contributed by atoms with van der Waals surface area (Å²) in [5, 5.41) is 7.08. The third kappa shape index (κ3) is 2.42. The Morgan fingerprint density at radius 1 is 1.55 bits per heavy atom. The van der Waals surface area contributed by atoms with E-state index in [2.05, 4.69) is 15.6 Å². The van der Waals surface area contributed by atoms with Gasteiger partial charge in [-0.2, -0.15) is 0 Å². The van der Waals surface area contributed by atoms with Gasteiger partial charge in [-0.1, -0.05) is 18.5 Å². The molecule has 0 spiro atoms. The molecule has 2 aromatic rings. The van der Waals surface area contributed by atoms with Crippen LogP contribution in [0.1, 0.15) is 18.5 Å². The lowest BCUT2D eigenvalue weighted by atomic mass is 10.1. The smallest absolute Gasteiger partial charge is 0.260 e. The molecule has 0 saturated carbocycles. The highest BCUT2D eigenvalue weighted by Gasteiger charge is 2.30. The number of likely N-dealkylation sites (N-methyl/N-ethyl adjacent to an activating group) is 1. The number of rotatable bonds is 4. The van der Waals surface area contributed by atoms with Crippen LogP contribution in [-0.4, -0.2) is 17.4 Å². The number of nitrogens with one attached hydrogen (secondary N) is 2. The molecule has 1 aliphatic rings. The van der Waals surface area contributed by atoms with E-state index in [4.69, 9.17) is 16.0 Å². The SMILES string of the molecule is CCNC1C(=O)Nc2cc(Sc3ncco3)c(Cl)cc21. The average molecular weight is 310 g/mol. The second-order valence-corrected chi connectivity index (χ2v) is 5.65. The first-order chi connectivity index (χ1) is 9.69. The first kappa shape index (κ1) is 13.5. The molecule has 2 N–H and O–H groups in total. The fraction of sp³-hybridized carbons (Fsp3) is 0.231. The van der Waals surface area contributed by atoms with Crippen molar-refractivity contribution >= 4 is 35.0 Å². The third-order valence-corrected chi connectivity index (χ3v) is 4.31. The molecule has 5 nitrogen and oxygen atoms in total. The maximum absolute atomic E-state index is 11.9. The van der Waals surface area contributed by atoms with Crippen molar-refractivity contribution in [3.63, 3.8) is 0 Å².